The molecule has 1 rings (SSSR count). The quantitative estimate of drug-likeness (QED) is 0.516. The number of carbonyl (C=O) groups excluding carboxylic acids is 1. The molecule has 0 bridgehead atoms. The molecule has 0 aliphatic rings. The summed E-state index contributed by atoms with van der Waals surface area (Å²) in [5.41, 5.74) is 0. The summed E-state index contributed by atoms with van der Waals surface area (Å²) < 4.78 is 9.97. The maximum atomic E-state index is 11.3. The Morgan fingerprint density at radius 2 is 1.94 bits per heavy atom. The molecule has 0 spiro atoms. The standard InChI is InChI=1S/C12H20N2O3/c1-3-5-6-7-8-9-10-13-14-11(17-10)12(15)16-4-2/h3-9H2,1-2H3. The van der Waals surface area contributed by atoms with Crippen molar-refractivity contribution in [1.29, 1.82) is 0 Å². The van der Waals surface area contributed by atoms with Crippen LogP contribution in [0.15, 0.2) is 4.42 Å². The van der Waals surface area contributed by atoms with E-state index in [0.717, 1.165) is 19.3 Å². The number of aromatic nitrogens is 2. The Hall–Kier alpha value is -1.39. The molecule has 1 heterocycles. The first-order chi connectivity index (χ1) is 8.27. The third kappa shape index (κ3) is 4.97. The Morgan fingerprint density at radius 3 is 2.65 bits per heavy atom. The molecule has 1 aromatic rings. The van der Waals surface area contributed by atoms with Crippen LogP contribution < -0.4 is 0 Å². The number of nitrogens with zero attached hydrogens (tertiary/aromatic N) is 2. The van der Waals surface area contributed by atoms with Gasteiger partial charge in [0.2, 0.25) is 5.89 Å². The molecule has 0 radical (unpaired) electrons. The van der Waals surface area contributed by atoms with E-state index in [-0.39, 0.29) is 5.89 Å². The van der Waals surface area contributed by atoms with Crippen LogP contribution in [-0.2, 0) is 11.2 Å². The van der Waals surface area contributed by atoms with E-state index in [1.807, 2.05) is 0 Å². The lowest BCUT2D eigenvalue weighted by atomic mass is 10.1. The lowest BCUT2D eigenvalue weighted by Gasteiger charge is -1.97. The van der Waals surface area contributed by atoms with Gasteiger partial charge in [0.25, 0.3) is 0 Å². The molecule has 0 atom stereocenters. The zero-order valence-corrected chi connectivity index (χ0v) is 10.6. The van der Waals surface area contributed by atoms with Gasteiger partial charge in [-0.25, -0.2) is 4.79 Å². The van der Waals surface area contributed by atoms with E-state index in [1.165, 1.54) is 19.3 Å². The largest absolute Gasteiger partial charge is 0.459 e. The van der Waals surface area contributed by atoms with Crippen LogP contribution >= 0.6 is 0 Å². The summed E-state index contributed by atoms with van der Waals surface area (Å²) in [4.78, 5) is 11.3. The molecule has 0 N–H and O–H groups in total. The molecule has 0 saturated carbocycles. The fourth-order valence-corrected chi connectivity index (χ4v) is 1.51. The number of hydrogen-bond donors (Lipinski definition) is 0. The normalized spacial score (nSPS) is 10.5. The highest BCUT2D eigenvalue weighted by Crippen LogP contribution is 2.08. The molecule has 17 heavy (non-hydrogen) atoms. The van der Waals surface area contributed by atoms with Crippen molar-refractivity contribution >= 4 is 5.97 Å². The molecular formula is C12H20N2O3. The Kier molecular flexibility index (Phi) is 6.29. The number of carbonyl (C=O) groups is 1. The predicted octanol–water partition coefficient (Wildman–Crippen LogP) is 2.76. The van der Waals surface area contributed by atoms with Crippen LogP contribution in [0.1, 0.15) is 62.5 Å². The zero-order chi connectivity index (χ0) is 12.5. The maximum Gasteiger partial charge on any atom is 0.396 e. The summed E-state index contributed by atoms with van der Waals surface area (Å²) in [6, 6.07) is 0. The van der Waals surface area contributed by atoms with E-state index in [2.05, 4.69) is 17.1 Å². The Bertz CT molecular complexity index is 336. The predicted molar refractivity (Wildman–Crippen MR) is 62.7 cm³/mol. The second-order valence-corrected chi connectivity index (χ2v) is 3.89. The lowest BCUT2D eigenvalue weighted by Crippen LogP contribution is -2.04. The number of esters is 1. The summed E-state index contributed by atoms with van der Waals surface area (Å²) in [7, 11) is 0. The molecule has 0 amide bonds. The van der Waals surface area contributed by atoms with Gasteiger partial charge in [-0.3, -0.25) is 0 Å². The molecule has 1 aromatic heterocycles. The summed E-state index contributed by atoms with van der Waals surface area (Å²) >= 11 is 0. The number of hydrogen-bond acceptors (Lipinski definition) is 5. The van der Waals surface area contributed by atoms with Gasteiger partial charge in [0.05, 0.1) is 6.61 Å². The molecule has 0 aliphatic carbocycles. The van der Waals surface area contributed by atoms with Gasteiger partial charge in [0.15, 0.2) is 0 Å². The average molecular weight is 240 g/mol. The van der Waals surface area contributed by atoms with Gasteiger partial charge in [0.1, 0.15) is 0 Å². The summed E-state index contributed by atoms with van der Waals surface area (Å²) in [5.74, 6) is -0.0720. The van der Waals surface area contributed by atoms with Crippen LogP contribution in [0.4, 0.5) is 0 Å². The zero-order valence-electron chi connectivity index (χ0n) is 10.6. The number of ether oxygens (including phenoxy) is 1. The van der Waals surface area contributed by atoms with E-state index < -0.39 is 5.97 Å². The van der Waals surface area contributed by atoms with Gasteiger partial charge in [-0.2, -0.15) is 0 Å². The second kappa shape index (κ2) is 7.81. The van der Waals surface area contributed by atoms with Crippen molar-refractivity contribution in [2.75, 3.05) is 6.61 Å². The molecular weight excluding hydrogens is 220 g/mol. The Balaban J connectivity index is 2.28. The van der Waals surface area contributed by atoms with Gasteiger partial charge in [-0.1, -0.05) is 32.6 Å². The van der Waals surface area contributed by atoms with E-state index in [4.69, 9.17) is 9.15 Å². The first-order valence-corrected chi connectivity index (χ1v) is 6.27. The Labute approximate surface area is 102 Å². The molecule has 5 nitrogen and oxygen atoms in total. The van der Waals surface area contributed by atoms with Crippen LogP contribution in [0, 0.1) is 0 Å². The average Bonchev–Trinajstić information content (AvgIpc) is 2.78. The highest BCUT2D eigenvalue weighted by atomic mass is 16.5. The highest BCUT2D eigenvalue weighted by molar-refractivity contribution is 5.83. The molecule has 96 valence electrons. The van der Waals surface area contributed by atoms with Crippen molar-refractivity contribution < 1.29 is 13.9 Å². The van der Waals surface area contributed by atoms with Crippen molar-refractivity contribution in [1.82, 2.24) is 10.2 Å². The van der Waals surface area contributed by atoms with Crippen molar-refractivity contribution in [3.63, 3.8) is 0 Å². The van der Waals surface area contributed by atoms with Crippen molar-refractivity contribution in [3.05, 3.63) is 11.8 Å². The number of rotatable bonds is 8. The summed E-state index contributed by atoms with van der Waals surface area (Å²) in [6.45, 7) is 4.24. The summed E-state index contributed by atoms with van der Waals surface area (Å²) in [5, 5.41) is 7.48. The van der Waals surface area contributed by atoms with Crippen molar-refractivity contribution in [2.24, 2.45) is 0 Å². The molecule has 0 unspecified atom stereocenters. The highest BCUT2D eigenvalue weighted by Gasteiger charge is 2.15. The first-order valence-electron chi connectivity index (χ1n) is 6.27. The molecule has 0 aliphatic heterocycles. The molecule has 0 fully saturated rings. The van der Waals surface area contributed by atoms with Crippen LogP contribution in [-0.4, -0.2) is 22.8 Å². The van der Waals surface area contributed by atoms with E-state index in [0.29, 0.717) is 12.5 Å². The second-order valence-electron chi connectivity index (χ2n) is 3.89. The van der Waals surface area contributed by atoms with Gasteiger partial charge >= 0.3 is 11.9 Å². The maximum absolute atomic E-state index is 11.3. The Morgan fingerprint density at radius 1 is 1.18 bits per heavy atom. The number of unbranched alkanes of at least 4 members (excludes halogenated alkanes) is 4. The third-order valence-electron chi connectivity index (χ3n) is 2.41. The smallest absolute Gasteiger partial charge is 0.396 e. The van der Waals surface area contributed by atoms with Crippen LogP contribution in [0.25, 0.3) is 0 Å². The van der Waals surface area contributed by atoms with Crippen LogP contribution in [0.2, 0.25) is 0 Å². The van der Waals surface area contributed by atoms with Gasteiger partial charge in [0, 0.05) is 6.42 Å². The van der Waals surface area contributed by atoms with Gasteiger partial charge in [-0.15, -0.1) is 10.2 Å². The van der Waals surface area contributed by atoms with E-state index in [9.17, 15) is 4.79 Å². The molecule has 0 aromatic carbocycles. The monoisotopic (exact) mass is 240 g/mol. The van der Waals surface area contributed by atoms with Gasteiger partial charge < -0.3 is 9.15 Å². The molecule has 0 saturated heterocycles. The van der Waals surface area contributed by atoms with E-state index in [1.54, 1.807) is 6.92 Å². The SMILES string of the molecule is CCCCCCCc1nnc(C(=O)OCC)o1. The topological polar surface area (TPSA) is 65.2 Å². The summed E-state index contributed by atoms with van der Waals surface area (Å²) in [6.07, 6.45) is 6.63. The fourth-order valence-electron chi connectivity index (χ4n) is 1.51. The minimum Gasteiger partial charge on any atom is -0.459 e. The molecule has 5 heteroatoms. The first kappa shape index (κ1) is 13.7. The minimum absolute atomic E-state index is 0.0459. The van der Waals surface area contributed by atoms with Crippen molar-refractivity contribution in [3.8, 4) is 0 Å². The van der Waals surface area contributed by atoms with Crippen LogP contribution in [0.5, 0.6) is 0 Å². The van der Waals surface area contributed by atoms with Gasteiger partial charge in [-0.05, 0) is 13.3 Å². The third-order valence-corrected chi connectivity index (χ3v) is 2.41. The van der Waals surface area contributed by atoms with Crippen molar-refractivity contribution in [2.45, 2.75) is 52.4 Å². The van der Waals surface area contributed by atoms with Crippen LogP contribution in [0.3, 0.4) is 0 Å². The fraction of sp³-hybridized carbons (Fsp3) is 0.750. The lowest BCUT2D eigenvalue weighted by molar-refractivity contribution is 0.0478. The van der Waals surface area contributed by atoms with E-state index >= 15 is 0 Å². The minimum atomic E-state index is -0.544. The number of aryl methyl sites for hydroxylation is 1.